The predicted molar refractivity (Wildman–Crippen MR) is 73.2 cm³/mol. The van der Waals surface area contributed by atoms with Crippen LogP contribution in [0, 0.1) is 6.92 Å². The number of pyridine rings is 1. The number of aromatic nitrogens is 4. The van der Waals surface area contributed by atoms with Gasteiger partial charge in [-0.05, 0) is 24.6 Å². The Hall–Kier alpha value is -2.62. The van der Waals surface area contributed by atoms with Gasteiger partial charge in [0, 0.05) is 11.8 Å². The molecule has 0 radical (unpaired) electrons. The van der Waals surface area contributed by atoms with Crippen molar-refractivity contribution in [1.29, 1.82) is 0 Å². The molecule has 0 aliphatic rings. The van der Waals surface area contributed by atoms with Crippen LogP contribution in [0.3, 0.4) is 0 Å². The van der Waals surface area contributed by atoms with Crippen LogP contribution in [0.5, 0.6) is 0 Å². The molecule has 3 rings (SSSR count). The Kier molecular flexibility index (Phi) is 2.98. The third-order valence-electron chi connectivity index (χ3n) is 2.77. The third-order valence-corrected chi connectivity index (χ3v) is 2.77. The van der Waals surface area contributed by atoms with E-state index in [0.717, 1.165) is 22.5 Å². The van der Waals surface area contributed by atoms with E-state index < -0.39 is 0 Å². The van der Waals surface area contributed by atoms with Crippen LogP contribution < -0.4 is 0 Å². The molecule has 1 aromatic carbocycles. The molecule has 2 aromatic heterocycles. The van der Waals surface area contributed by atoms with E-state index in [1.54, 1.807) is 12.4 Å². The van der Waals surface area contributed by atoms with Crippen molar-refractivity contribution in [2.24, 2.45) is 0 Å². The maximum absolute atomic E-state index is 4.52. The summed E-state index contributed by atoms with van der Waals surface area (Å²) in [5.74, 6) is 0.546. The fourth-order valence-corrected chi connectivity index (χ4v) is 1.82. The van der Waals surface area contributed by atoms with Crippen LogP contribution in [0.4, 0.5) is 0 Å². The van der Waals surface area contributed by atoms with Crippen molar-refractivity contribution in [2.45, 2.75) is 6.92 Å². The highest BCUT2D eigenvalue weighted by Crippen LogP contribution is 2.18. The summed E-state index contributed by atoms with van der Waals surface area (Å²) >= 11 is 0. The van der Waals surface area contributed by atoms with E-state index in [1.807, 2.05) is 49.4 Å². The summed E-state index contributed by atoms with van der Waals surface area (Å²) in [5, 5.41) is 8.07. The molecule has 2 heterocycles. The first-order valence-electron chi connectivity index (χ1n) is 6.01. The smallest absolute Gasteiger partial charge is 0.200 e. The minimum atomic E-state index is 0.546. The van der Waals surface area contributed by atoms with Crippen molar-refractivity contribution in [3.8, 4) is 22.8 Å². The van der Waals surface area contributed by atoms with E-state index in [1.165, 1.54) is 0 Å². The monoisotopic (exact) mass is 248 g/mol. The lowest BCUT2D eigenvalue weighted by molar-refractivity contribution is 0.974. The molecular weight excluding hydrogens is 236 g/mol. The first-order chi connectivity index (χ1) is 9.33. The van der Waals surface area contributed by atoms with E-state index in [2.05, 4.69) is 20.2 Å². The van der Waals surface area contributed by atoms with E-state index in [4.69, 9.17) is 0 Å². The minimum absolute atomic E-state index is 0.546. The molecule has 3 aromatic rings. The van der Waals surface area contributed by atoms with Gasteiger partial charge in [-0.3, -0.25) is 4.98 Å². The molecule has 92 valence electrons. The Morgan fingerprint density at radius 3 is 2.58 bits per heavy atom. The van der Waals surface area contributed by atoms with E-state index >= 15 is 0 Å². The van der Waals surface area contributed by atoms with Crippen molar-refractivity contribution in [3.63, 3.8) is 0 Å². The molecule has 0 saturated heterocycles. The van der Waals surface area contributed by atoms with Crippen LogP contribution in [-0.2, 0) is 0 Å². The predicted octanol–water partition coefficient (Wildman–Crippen LogP) is 2.91. The first-order valence-corrected chi connectivity index (χ1v) is 6.01. The molecule has 0 amide bonds. The van der Waals surface area contributed by atoms with Gasteiger partial charge in [-0.1, -0.05) is 30.3 Å². The zero-order valence-electron chi connectivity index (χ0n) is 10.5. The average molecular weight is 248 g/mol. The van der Waals surface area contributed by atoms with Gasteiger partial charge in [0.2, 0.25) is 5.82 Å². The molecule has 0 N–H and O–H groups in total. The fraction of sp³-hybridized carbons (Fsp3) is 0.0667. The van der Waals surface area contributed by atoms with Crippen molar-refractivity contribution < 1.29 is 0 Å². The van der Waals surface area contributed by atoms with Gasteiger partial charge in [0.1, 0.15) is 5.69 Å². The molecule has 0 saturated carbocycles. The quantitative estimate of drug-likeness (QED) is 0.699. The van der Waals surface area contributed by atoms with Gasteiger partial charge in [-0.2, -0.15) is 5.10 Å². The molecule has 0 aliphatic carbocycles. The van der Waals surface area contributed by atoms with Crippen molar-refractivity contribution in [2.75, 3.05) is 0 Å². The summed E-state index contributed by atoms with van der Waals surface area (Å²) in [7, 11) is 0. The molecule has 4 heteroatoms. The Balaban J connectivity index is 2.06. The largest absolute Gasteiger partial charge is 0.253 e. The second kappa shape index (κ2) is 4.94. The lowest BCUT2D eigenvalue weighted by Gasteiger charge is -2.03. The fourth-order valence-electron chi connectivity index (χ4n) is 1.82. The van der Waals surface area contributed by atoms with Crippen molar-refractivity contribution in [3.05, 3.63) is 60.4 Å². The minimum Gasteiger partial charge on any atom is -0.253 e. The highest BCUT2D eigenvalue weighted by atomic mass is 15.1. The Morgan fingerprint density at radius 2 is 1.79 bits per heavy atom. The van der Waals surface area contributed by atoms with Crippen LogP contribution >= 0.6 is 0 Å². The van der Waals surface area contributed by atoms with E-state index in [-0.39, 0.29) is 0 Å². The maximum atomic E-state index is 4.52. The second-order valence-corrected chi connectivity index (χ2v) is 4.25. The van der Waals surface area contributed by atoms with E-state index in [9.17, 15) is 0 Å². The lowest BCUT2D eigenvalue weighted by atomic mass is 10.2. The Bertz CT molecular complexity index is 695. The molecular formula is C15H12N4. The standard InChI is InChI=1S/C15H12N4/c1-11-7-8-16-13(9-11)15-18-14(10-17-19-15)12-5-3-2-4-6-12/h2-10H,1H3. The maximum Gasteiger partial charge on any atom is 0.200 e. The summed E-state index contributed by atoms with van der Waals surface area (Å²) in [6, 6.07) is 13.8. The number of benzene rings is 1. The molecule has 0 atom stereocenters. The molecule has 0 spiro atoms. The normalized spacial score (nSPS) is 10.4. The number of hydrogen-bond donors (Lipinski definition) is 0. The number of rotatable bonds is 2. The number of nitrogens with zero attached hydrogens (tertiary/aromatic N) is 4. The van der Waals surface area contributed by atoms with Crippen LogP contribution in [0.25, 0.3) is 22.8 Å². The van der Waals surface area contributed by atoms with Crippen LogP contribution in [0.2, 0.25) is 0 Å². The third kappa shape index (κ3) is 2.47. The highest BCUT2D eigenvalue weighted by molar-refractivity contribution is 5.60. The van der Waals surface area contributed by atoms with Gasteiger partial charge in [0.25, 0.3) is 0 Å². The zero-order chi connectivity index (χ0) is 13.1. The summed E-state index contributed by atoms with van der Waals surface area (Å²) in [6.07, 6.45) is 3.41. The van der Waals surface area contributed by atoms with Gasteiger partial charge in [0.05, 0.1) is 11.9 Å². The van der Waals surface area contributed by atoms with Crippen LogP contribution in [0.1, 0.15) is 5.56 Å². The van der Waals surface area contributed by atoms with Crippen LogP contribution in [-0.4, -0.2) is 20.2 Å². The SMILES string of the molecule is Cc1ccnc(-c2nncc(-c3ccccc3)n2)c1. The van der Waals surface area contributed by atoms with Crippen molar-refractivity contribution >= 4 is 0 Å². The zero-order valence-corrected chi connectivity index (χ0v) is 10.5. The first kappa shape index (κ1) is 11.5. The van der Waals surface area contributed by atoms with Gasteiger partial charge in [-0.25, -0.2) is 4.98 Å². The molecule has 0 unspecified atom stereocenters. The summed E-state index contributed by atoms with van der Waals surface area (Å²) < 4.78 is 0. The van der Waals surface area contributed by atoms with Gasteiger partial charge in [0.15, 0.2) is 0 Å². The molecule has 0 aliphatic heterocycles. The lowest BCUT2D eigenvalue weighted by Crippen LogP contribution is -1.96. The number of hydrogen-bond acceptors (Lipinski definition) is 4. The number of aryl methyl sites for hydroxylation is 1. The molecule has 0 bridgehead atoms. The van der Waals surface area contributed by atoms with Crippen LogP contribution in [0.15, 0.2) is 54.9 Å². The van der Waals surface area contributed by atoms with Gasteiger partial charge in [-0.15, -0.1) is 5.10 Å². The van der Waals surface area contributed by atoms with Crippen molar-refractivity contribution in [1.82, 2.24) is 20.2 Å². The Labute approximate surface area is 111 Å². The second-order valence-electron chi connectivity index (χ2n) is 4.25. The Morgan fingerprint density at radius 1 is 0.947 bits per heavy atom. The molecule has 19 heavy (non-hydrogen) atoms. The molecule has 4 nitrogen and oxygen atoms in total. The van der Waals surface area contributed by atoms with E-state index in [0.29, 0.717) is 5.82 Å². The molecule has 0 fully saturated rings. The highest BCUT2D eigenvalue weighted by Gasteiger charge is 2.06. The summed E-state index contributed by atoms with van der Waals surface area (Å²) in [5.41, 5.74) is 3.68. The topological polar surface area (TPSA) is 51.6 Å². The van der Waals surface area contributed by atoms with Gasteiger partial charge >= 0.3 is 0 Å². The van der Waals surface area contributed by atoms with Gasteiger partial charge < -0.3 is 0 Å². The summed E-state index contributed by atoms with van der Waals surface area (Å²) in [6.45, 7) is 2.01. The summed E-state index contributed by atoms with van der Waals surface area (Å²) in [4.78, 5) is 8.80. The average Bonchev–Trinajstić information content (AvgIpc) is 2.48.